The van der Waals surface area contributed by atoms with Gasteiger partial charge in [-0.1, -0.05) is 27.7 Å². The smallest absolute Gasteiger partial charge is 0.274 e. The van der Waals surface area contributed by atoms with Gasteiger partial charge in [0, 0.05) is 5.92 Å². The molecule has 0 spiro atoms. The van der Waals surface area contributed by atoms with E-state index in [0.29, 0.717) is 12.3 Å². The second-order valence-corrected chi connectivity index (χ2v) is 5.43. The average Bonchev–Trinajstić information content (AvgIpc) is 2.01. The highest BCUT2D eigenvalue weighted by atomic mass is 32.2. The maximum absolute atomic E-state index is 11.2. The van der Waals surface area contributed by atoms with Gasteiger partial charge in [0.15, 0.2) is 0 Å². The molecule has 6 heteroatoms. The van der Waals surface area contributed by atoms with E-state index in [4.69, 9.17) is 0 Å². The van der Waals surface area contributed by atoms with Crippen molar-refractivity contribution in [2.75, 3.05) is 6.61 Å². The van der Waals surface area contributed by atoms with Crippen LogP contribution in [0.4, 0.5) is 0 Å². The van der Waals surface area contributed by atoms with Gasteiger partial charge < -0.3 is 0 Å². The molecule has 0 aliphatic heterocycles. The third kappa shape index (κ3) is 7.33. The third-order valence-corrected chi connectivity index (χ3v) is 2.61. The second-order valence-electron chi connectivity index (χ2n) is 4.08. The van der Waals surface area contributed by atoms with E-state index in [0.717, 1.165) is 0 Å². The predicted molar refractivity (Wildman–Crippen MR) is 57.3 cm³/mol. The van der Waals surface area contributed by atoms with Crippen molar-refractivity contribution in [1.29, 1.82) is 0 Å². The molecule has 90 valence electrons. The molecule has 0 aromatic rings. The molecule has 0 saturated carbocycles. The first-order valence-corrected chi connectivity index (χ1v) is 6.36. The summed E-state index contributed by atoms with van der Waals surface area (Å²) in [6, 6.07) is 0. The quantitative estimate of drug-likeness (QED) is 0.750. The highest BCUT2D eigenvalue weighted by Crippen LogP contribution is 2.01. The Morgan fingerprint density at radius 3 is 2.20 bits per heavy atom. The summed E-state index contributed by atoms with van der Waals surface area (Å²) in [5, 5.41) is 0. The summed E-state index contributed by atoms with van der Waals surface area (Å²) in [5.41, 5.74) is 0. The molecule has 0 saturated heterocycles. The van der Waals surface area contributed by atoms with Gasteiger partial charge in [0.1, 0.15) is 0 Å². The summed E-state index contributed by atoms with van der Waals surface area (Å²) >= 11 is 0. The highest BCUT2D eigenvalue weighted by Gasteiger charge is 2.17. The van der Waals surface area contributed by atoms with Crippen LogP contribution in [0.2, 0.25) is 0 Å². The van der Waals surface area contributed by atoms with Gasteiger partial charge in [-0.15, -0.1) is 0 Å². The Morgan fingerprint density at radius 1 is 1.27 bits per heavy atom. The number of amides is 1. The van der Waals surface area contributed by atoms with Crippen molar-refractivity contribution in [3.63, 3.8) is 0 Å². The van der Waals surface area contributed by atoms with Gasteiger partial charge in [0.25, 0.3) is 0 Å². The van der Waals surface area contributed by atoms with Crippen LogP contribution < -0.4 is 4.72 Å². The van der Waals surface area contributed by atoms with Crippen LogP contribution in [0.3, 0.4) is 0 Å². The number of rotatable bonds is 6. The van der Waals surface area contributed by atoms with Crippen LogP contribution in [0.15, 0.2) is 0 Å². The van der Waals surface area contributed by atoms with E-state index in [1.165, 1.54) is 0 Å². The van der Waals surface area contributed by atoms with Crippen LogP contribution in [0, 0.1) is 11.8 Å². The first-order chi connectivity index (χ1) is 6.74. The number of carbonyl (C=O) groups excluding carboxylic acids is 1. The zero-order chi connectivity index (χ0) is 12.1. The first-order valence-electron chi connectivity index (χ1n) is 4.95. The van der Waals surface area contributed by atoms with Gasteiger partial charge in [-0.3, -0.25) is 8.98 Å². The number of carbonyl (C=O) groups is 1. The minimum Gasteiger partial charge on any atom is -0.274 e. The van der Waals surface area contributed by atoms with Crippen LogP contribution in [0.1, 0.15) is 34.1 Å². The summed E-state index contributed by atoms with van der Waals surface area (Å²) in [6.45, 7) is 7.24. The van der Waals surface area contributed by atoms with Crippen molar-refractivity contribution in [2.45, 2.75) is 34.1 Å². The zero-order valence-corrected chi connectivity index (χ0v) is 10.4. The molecule has 0 fully saturated rings. The molecule has 15 heavy (non-hydrogen) atoms. The summed E-state index contributed by atoms with van der Waals surface area (Å²) in [7, 11) is -3.92. The van der Waals surface area contributed by atoms with Gasteiger partial charge in [-0.05, 0) is 12.3 Å². The molecular weight excluding hydrogens is 218 g/mol. The lowest BCUT2D eigenvalue weighted by Crippen LogP contribution is -2.35. The van der Waals surface area contributed by atoms with Crippen LogP contribution in [0.25, 0.3) is 0 Å². The third-order valence-electron chi connectivity index (χ3n) is 1.68. The Kier molecular flexibility index (Phi) is 5.82. The Labute approximate surface area is 91.5 Å². The SMILES string of the molecule is CC(C)CCOS(=O)(=O)NC(=O)C(C)C. The fraction of sp³-hybridized carbons (Fsp3) is 0.889. The van der Waals surface area contributed by atoms with Crippen LogP contribution in [0.5, 0.6) is 0 Å². The van der Waals surface area contributed by atoms with Crippen molar-refractivity contribution >= 4 is 16.2 Å². The van der Waals surface area contributed by atoms with Crippen LogP contribution in [-0.2, 0) is 19.3 Å². The number of hydrogen-bond donors (Lipinski definition) is 1. The van der Waals surface area contributed by atoms with Gasteiger partial charge in [-0.2, -0.15) is 8.42 Å². The Bertz CT molecular complexity index is 295. The van der Waals surface area contributed by atoms with Crippen molar-refractivity contribution in [2.24, 2.45) is 11.8 Å². The summed E-state index contributed by atoms with van der Waals surface area (Å²) in [4.78, 5) is 11.1. The maximum Gasteiger partial charge on any atom is 0.362 e. The van der Waals surface area contributed by atoms with Crippen molar-refractivity contribution in [3.05, 3.63) is 0 Å². The van der Waals surface area contributed by atoms with Crippen molar-refractivity contribution in [3.8, 4) is 0 Å². The zero-order valence-electron chi connectivity index (χ0n) is 9.61. The van der Waals surface area contributed by atoms with Gasteiger partial charge in [0.05, 0.1) is 6.61 Å². The second kappa shape index (κ2) is 6.07. The molecule has 0 aromatic heterocycles. The summed E-state index contributed by atoms with van der Waals surface area (Å²) < 4.78 is 28.8. The van der Waals surface area contributed by atoms with E-state index >= 15 is 0 Å². The molecule has 0 aliphatic carbocycles. The normalized spacial score (nSPS) is 12.1. The molecule has 0 aliphatic rings. The molecule has 5 nitrogen and oxygen atoms in total. The van der Waals surface area contributed by atoms with E-state index in [2.05, 4.69) is 4.18 Å². The molecule has 0 rings (SSSR count). The largest absolute Gasteiger partial charge is 0.362 e. The highest BCUT2D eigenvalue weighted by molar-refractivity contribution is 7.85. The van der Waals surface area contributed by atoms with E-state index in [1.54, 1.807) is 13.8 Å². The lowest BCUT2D eigenvalue weighted by atomic mass is 10.2. The van der Waals surface area contributed by atoms with Crippen molar-refractivity contribution < 1.29 is 17.4 Å². The van der Waals surface area contributed by atoms with E-state index in [9.17, 15) is 13.2 Å². The van der Waals surface area contributed by atoms with Gasteiger partial charge in [0.2, 0.25) is 5.91 Å². The van der Waals surface area contributed by atoms with E-state index in [-0.39, 0.29) is 12.5 Å². The minimum atomic E-state index is -3.92. The molecule has 0 bridgehead atoms. The summed E-state index contributed by atoms with van der Waals surface area (Å²) in [6.07, 6.45) is 0.636. The standard InChI is InChI=1S/C9H19NO4S/c1-7(2)5-6-14-15(12,13)10-9(11)8(3)4/h7-8H,5-6H2,1-4H3,(H,10,11). The lowest BCUT2D eigenvalue weighted by molar-refractivity contribution is -0.122. The topological polar surface area (TPSA) is 72.5 Å². The Balaban J connectivity index is 4.04. The van der Waals surface area contributed by atoms with E-state index < -0.39 is 16.2 Å². The molecule has 1 N–H and O–H groups in total. The first kappa shape index (κ1) is 14.4. The molecule has 0 heterocycles. The molecule has 0 aromatic carbocycles. The Morgan fingerprint density at radius 2 is 1.80 bits per heavy atom. The summed E-state index contributed by atoms with van der Waals surface area (Å²) in [5.74, 6) is -0.575. The molecule has 0 radical (unpaired) electrons. The van der Waals surface area contributed by atoms with E-state index in [1.807, 2.05) is 18.6 Å². The molecule has 1 amide bonds. The number of nitrogens with one attached hydrogen (secondary N) is 1. The fourth-order valence-electron chi connectivity index (χ4n) is 0.664. The van der Waals surface area contributed by atoms with Gasteiger partial charge >= 0.3 is 10.3 Å². The molecular formula is C9H19NO4S. The number of hydrogen-bond acceptors (Lipinski definition) is 4. The maximum atomic E-state index is 11.2. The Hall–Kier alpha value is -0.620. The van der Waals surface area contributed by atoms with Crippen LogP contribution in [-0.4, -0.2) is 20.9 Å². The minimum absolute atomic E-state index is 0.0956. The monoisotopic (exact) mass is 237 g/mol. The fourth-order valence-corrected chi connectivity index (χ4v) is 1.52. The molecule has 0 unspecified atom stereocenters. The molecule has 0 atom stereocenters. The predicted octanol–water partition coefficient (Wildman–Crippen LogP) is 1.07. The van der Waals surface area contributed by atoms with Crippen LogP contribution >= 0.6 is 0 Å². The lowest BCUT2D eigenvalue weighted by Gasteiger charge is -2.09. The van der Waals surface area contributed by atoms with Crippen molar-refractivity contribution in [1.82, 2.24) is 4.72 Å². The van der Waals surface area contributed by atoms with Gasteiger partial charge in [-0.25, -0.2) is 4.72 Å². The average molecular weight is 237 g/mol.